The third kappa shape index (κ3) is 4.69. The molecule has 8 nitrogen and oxygen atoms in total. The average Bonchev–Trinajstić information content (AvgIpc) is 2.83. The SMILES string of the molecule is CCCCN(C(=O)[C@@H]1COc2ccccc2C1)c1c(N)n(Cc2ccccc2)c(=O)[nH]c1=O. The number of unbranched alkanes of at least 4 members (excludes halogenated alkanes) is 1. The smallest absolute Gasteiger partial charge is 0.330 e. The van der Waals surface area contributed by atoms with Crippen LogP contribution in [-0.2, 0) is 17.8 Å². The van der Waals surface area contributed by atoms with Gasteiger partial charge in [0.15, 0.2) is 5.69 Å². The molecular formula is C25H28N4O4. The van der Waals surface area contributed by atoms with Gasteiger partial charge in [-0.15, -0.1) is 0 Å². The minimum atomic E-state index is -0.664. The van der Waals surface area contributed by atoms with E-state index < -0.39 is 17.2 Å². The minimum Gasteiger partial charge on any atom is -0.492 e. The second kappa shape index (κ2) is 9.77. The molecule has 0 fully saturated rings. The zero-order chi connectivity index (χ0) is 23.4. The molecule has 0 bridgehead atoms. The zero-order valence-electron chi connectivity index (χ0n) is 18.6. The van der Waals surface area contributed by atoms with Crippen LogP contribution in [-0.4, -0.2) is 28.6 Å². The molecule has 1 aliphatic rings. The first-order chi connectivity index (χ1) is 16.0. The average molecular weight is 449 g/mol. The Morgan fingerprint density at radius 1 is 1.15 bits per heavy atom. The molecule has 172 valence electrons. The molecule has 0 saturated heterocycles. The number of para-hydroxylation sites is 1. The highest BCUT2D eigenvalue weighted by Crippen LogP contribution is 2.29. The van der Waals surface area contributed by atoms with E-state index in [1.807, 2.05) is 61.5 Å². The number of hydrogen-bond acceptors (Lipinski definition) is 5. The summed E-state index contributed by atoms with van der Waals surface area (Å²) in [6.07, 6.45) is 2.03. The molecule has 0 radical (unpaired) electrons. The van der Waals surface area contributed by atoms with E-state index in [0.717, 1.165) is 23.3 Å². The Hall–Kier alpha value is -3.81. The van der Waals surface area contributed by atoms with Gasteiger partial charge in [0.25, 0.3) is 5.56 Å². The first-order valence-corrected chi connectivity index (χ1v) is 11.2. The monoisotopic (exact) mass is 448 g/mol. The summed E-state index contributed by atoms with van der Waals surface area (Å²) >= 11 is 0. The number of carbonyl (C=O) groups is 1. The predicted octanol–water partition coefficient (Wildman–Crippen LogP) is 2.55. The predicted molar refractivity (Wildman–Crippen MR) is 128 cm³/mol. The molecule has 33 heavy (non-hydrogen) atoms. The molecule has 3 aromatic rings. The first-order valence-electron chi connectivity index (χ1n) is 11.2. The van der Waals surface area contributed by atoms with E-state index >= 15 is 0 Å². The number of ether oxygens (including phenoxy) is 1. The Bertz CT molecular complexity index is 1250. The molecule has 4 rings (SSSR count). The molecule has 1 amide bonds. The van der Waals surface area contributed by atoms with Crippen molar-refractivity contribution in [1.82, 2.24) is 9.55 Å². The summed E-state index contributed by atoms with van der Waals surface area (Å²) in [5, 5.41) is 0. The lowest BCUT2D eigenvalue weighted by atomic mass is 9.95. The van der Waals surface area contributed by atoms with Crippen LogP contribution in [0.5, 0.6) is 5.75 Å². The van der Waals surface area contributed by atoms with E-state index in [1.165, 1.54) is 9.47 Å². The highest BCUT2D eigenvalue weighted by atomic mass is 16.5. The number of rotatable bonds is 7. The maximum absolute atomic E-state index is 13.6. The summed E-state index contributed by atoms with van der Waals surface area (Å²) in [7, 11) is 0. The number of amides is 1. The number of nitrogen functional groups attached to an aromatic ring is 1. The van der Waals surface area contributed by atoms with Crippen molar-refractivity contribution in [3.05, 3.63) is 86.6 Å². The summed E-state index contributed by atoms with van der Waals surface area (Å²) in [6, 6.07) is 17.0. The molecule has 2 heterocycles. The summed E-state index contributed by atoms with van der Waals surface area (Å²) in [4.78, 5) is 42.8. The third-order valence-corrected chi connectivity index (χ3v) is 5.90. The van der Waals surface area contributed by atoms with Crippen LogP contribution in [0.25, 0.3) is 0 Å². The first kappa shape index (κ1) is 22.4. The molecule has 2 aromatic carbocycles. The number of hydrogen-bond donors (Lipinski definition) is 2. The number of carbonyl (C=O) groups excluding carboxylic acids is 1. The second-order valence-corrected chi connectivity index (χ2v) is 8.23. The van der Waals surface area contributed by atoms with Crippen molar-refractivity contribution in [2.24, 2.45) is 5.92 Å². The van der Waals surface area contributed by atoms with E-state index in [9.17, 15) is 14.4 Å². The van der Waals surface area contributed by atoms with Gasteiger partial charge < -0.3 is 15.4 Å². The van der Waals surface area contributed by atoms with Crippen LogP contribution in [0.15, 0.2) is 64.2 Å². The van der Waals surface area contributed by atoms with E-state index in [1.54, 1.807) is 0 Å². The number of nitrogens with one attached hydrogen (secondary N) is 1. The maximum atomic E-state index is 13.6. The van der Waals surface area contributed by atoms with Gasteiger partial charge in [0.1, 0.15) is 18.2 Å². The number of aromatic nitrogens is 2. The topological polar surface area (TPSA) is 110 Å². The van der Waals surface area contributed by atoms with Gasteiger partial charge in [0.2, 0.25) is 5.91 Å². The molecule has 0 aliphatic carbocycles. The van der Waals surface area contributed by atoms with Crippen molar-refractivity contribution in [1.29, 1.82) is 0 Å². The fourth-order valence-corrected chi connectivity index (χ4v) is 4.12. The molecule has 1 aromatic heterocycles. The number of nitrogens with zero attached hydrogens (tertiary/aromatic N) is 2. The van der Waals surface area contributed by atoms with Crippen molar-refractivity contribution >= 4 is 17.4 Å². The molecule has 1 aliphatic heterocycles. The number of fused-ring (bicyclic) bond motifs is 1. The Kier molecular flexibility index (Phi) is 6.63. The Balaban J connectivity index is 1.71. The van der Waals surface area contributed by atoms with Crippen LogP contribution < -0.4 is 26.6 Å². The van der Waals surface area contributed by atoms with Gasteiger partial charge in [0, 0.05) is 6.54 Å². The van der Waals surface area contributed by atoms with Gasteiger partial charge in [-0.3, -0.25) is 19.1 Å². The molecule has 8 heteroatoms. The van der Waals surface area contributed by atoms with Gasteiger partial charge in [0.05, 0.1) is 12.5 Å². The number of H-pyrrole nitrogens is 1. The largest absolute Gasteiger partial charge is 0.492 e. The molecule has 0 unspecified atom stereocenters. The van der Waals surface area contributed by atoms with Gasteiger partial charge in [-0.2, -0.15) is 0 Å². The third-order valence-electron chi connectivity index (χ3n) is 5.90. The fourth-order valence-electron chi connectivity index (χ4n) is 4.12. The number of aromatic amines is 1. The van der Waals surface area contributed by atoms with E-state index in [2.05, 4.69) is 4.98 Å². The highest BCUT2D eigenvalue weighted by molar-refractivity contribution is 5.97. The van der Waals surface area contributed by atoms with Crippen LogP contribution >= 0.6 is 0 Å². The molecule has 3 N–H and O–H groups in total. The van der Waals surface area contributed by atoms with Crippen molar-refractivity contribution in [3.8, 4) is 5.75 Å². The second-order valence-electron chi connectivity index (χ2n) is 8.23. The number of nitrogens with two attached hydrogens (primary N) is 1. The Morgan fingerprint density at radius 2 is 1.88 bits per heavy atom. The lowest BCUT2D eigenvalue weighted by molar-refractivity contribution is -0.123. The lowest BCUT2D eigenvalue weighted by Gasteiger charge is -2.31. The van der Waals surface area contributed by atoms with Crippen molar-refractivity contribution in [2.45, 2.75) is 32.7 Å². The highest BCUT2D eigenvalue weighted by Gasteiger charge is 2.32. The zero-order valence-corrected chi connectivity index (χ0v) is 18.6. The minimum absolute atomic E-state index is 0.0165. The van der Waals surface area contributed by atoms with Gasteiger partial charge in [-0.25, -0.2) is 4.79 Å². The molecular weight excluding hydrogens is 420 g/mol. The van der Waals surface area contributed by atoms with Crippen molar-refractivity contribution in [3.63, 3.8) is 0 Å². The number of anilines is 2. The molecule has 1 atom stereocenters. The van der Waals surface area contributed by atoms with Crippen LogP contribution in [0.1, 0.15) is 30.9 Å². The van der Waals surface area contributed by atoms with Gasteiger partial charge in [-0.1, -0.05) is 61.9 Å². The summed E-state index contributed by atoms with van der Waals surface area (Å²) in [5.74, 6) is 0.0646. The van der Waals surface area contributed by atoms with Crippen LogP contribution in [0.3, 0.4) is 0 Å². The summed E-state index contributed by atoms with van der Waals surface area (Å²) < 4.78 is 7.11. The van der Waals surface area contributed by atoms with Crippen molar-refractivity contribution in [2.75, 3.05) is 23.8 Å². The maximum Gasteiger partial charge on any atom is 0.330 e. The van der Waals surface area contributed by atoms with Gasteiger partial charge in [-0.05, 0) is 30.0 Å². The number of benzene rings is 2. The Morgan fingerprint density at radius 3 is 2.64 bits per heavy atom. The normalized spacial score (nSPS) is 14.9. The lowest BCUT2D eigenvalue weighted by Crippen LogP contribution is -2.46. The fraction of sp³-hybridized carbons (Fsp3) is 0.320. The van der Waals surface area contributed by atoms with E-state index in [0.29, 0.717) is 19.4 Å². The molecule has 0 saturated carbocycles. The van der Waals surface area contributed by atoms with Crippen LogP contribution in [0.2, 0.25) is 0 Å². The van der Waals surface area contributed by atoms with Crippen molar-refractivity contribution < 1.29 is 9.53 Å². The quantitative estimate of drug-likeness (QED) is 0.577. The van der Waals surface area contributed by atoms with E-state index in [4.69, 9.17) is 10.5 Å². The summed E-state index contributed by atoms with van der Waals surface area (Å²) in [6.45, 7) is 2.74. The summed E-state index contributed by atoms with van der Waals surface area (Å²) in [5.41, 5.74) is 6.92. The van der Waals surface area contributed by atoms with Crippen LogP contribution in [0, 0.1) is 5.92 Å². The van der Waals surface area contributed by atoms with Crippen LogP contribution in [0.4, 0.5) is 11.5 Å². The Labute approximate surface area is 191 Å². The standard InChI is InChI=1S/C25H28N4O4/c1-2-3-13-28(24(31)19-14-18-11-7-8-12-20(18)33-16-19)21-22(26)29(25(32)27-23(21)30)15-17-9-5-4-6-10-17/h4-12,19H,2-3,13-16,26H2,1H3,(H,27,30,32)/t19-/m0/s1. The van der Waals surface area contributed by atoms with Gasteiger partial charge >= 0.3 is 5.69 Å². The van der Waals surface area contributed by atoms with E-state index in [-0.39, 0.29) is 30.6 Å². The molecule has 0 spiro atoms.